The van der Waals surface area contributed by atoms with E-state index in [-0.39, 0.29) is 17.8 Å². The van der Waals surface area contributed by atoms with Crippen molar-refractivity contribution in [2.75, 3.05) is 13.1 Å². The fraction of sp³-hybridized carbons (Fsp3) is 0.467. The second-order valence-electron chi connectivity index (χ2n) is 4.85. The van der Waals surface area contributed by atoms with Crippen LogP contribution in [0.3, 0.4) is 0 Å². The van der Waals surface area contributed by atoms with Crippen molar-refractivity contribution >= 4 is 44.5 Å². The molecule has 1 atom stereocenters. The molecule has 4 nitrogen and oxygen atoms in total. The summed E-state index contributed by atoms with van der Waals surface area (Å²) in [7, 11) is 0. The zero-order valence-corrected chi connectivity index (χ0v) is 14.8. The van der Waals surface area contributed by atoms with Gasteiger partial charge in [-0.25, -0.2) is 4.98 Å². The molecule has 1 aromatic carbocycles. The lowest BCUT2D eigenvalue weighted by molar-refractivity contribution is -0.133. The maximum Gasteiger partial charge on any atom is 0.245 e. The normalized spacial score (nSPS) is 12.6. The van der Waals surface area contributed by atoms with Crippen molar-refractivity contribution in [1.29, 1.82) is 0 Å². The fourth-order valence-electron chi connectivity index (χ4n) is 2.56. The van der Waals surface area contributed by atoms with Gasteiger partial charge in [0.1, 0.15) is 11.9 Å². The van der Waals surface area contributed by atoms with Crippen LogP contribution in [0.5, 0.6) is 0 Å². The number of hydrogen-bond donors (Lipinski definition) is 0. The van der Waals surface area contributed by atoms with E-state index >= 15 is 0 Å². The first kappa shape index (κ1) is 16.3. The van der Waals surface area contributed by atoms with Gasteiger partial charge in [-0.1, -0.05) is 15.9 Å². The van der Waals surface area contributed by atoms with Crippen LogP contribution in [0.1, 0.15) is 32.6 Å². The Morgan fingerprint density at radius 1 is 1.43 bits per heavy atom. The largest absolute Gasteiger partial charge is 0.341 e. The number of aromatic nitrogens is 2. The molecule has 1 amide bonds. The fourth-order valence-corrected chi connectivity index (χ4v) is 3.10. The van der Waals surface area contributed by atoms with Gasteiger partial charge >= 0.3 is 0 Å². The predicted molar refractivity (Wildman–Crippen MR) is 89.6 cm³/mol. The molecule has 0 saturated heterocycles. The highest BCUT2D eigenvalue weighted by Crippen LogP contribution is 2.26. The molecule has 0 aliphatic heterocycles. The third-order valence-electron chi connectivity index (χ3n) is 3.66. The molecule has 0 radical (unpaired) electrons. The summed E-state index contributed by atoms with van der Waals surface area (Å²) in [5.41, 5.74) is 1.78. The second-order valence-corrected chi connectivity index (χ2v) is 6.03. The van der Waals surface area contributed by atoms with Crippen LogP contribution >= 0.6 is 27.5 Å². The number of benzene rings is 1. The molecule has 114 valence electrons. The Balaban J connectivity index is 2.51. The summed E-state index contributed by atoms with van der Waals surface area (Å²) >= 11 is 9.46. The molecule has 0 spiro atoms. The SMILES string of the molecule is CCN(CC)C(=O)C(C)n1c(CCl)nc2cc(Br)ccc21. The molecule has 0 aliphatic rings. The summed E-state index contributed by atoms with van der Waals surface area (Å²) in [6, 6.07) is 5.54. The van der Waals surface area contributed by atoms with Crippen molar-refractivity contribution in [2.24, 2.45) is 0 Å². The summed E-state index contributed by atoms with van der Waals surface area (Å²) in [6.45, 7) is 7.28. The average molecular weight is 373 g/mol. The Kier molecular flexibility index (Phi) is 5.27. The maximum absolute atomic E-state index is 12.6. The number of halogens is 2. The minimum absolute atomic E-state index is 0.0913. The first-order valence-electron chi connectivity index (χ1n) is 7.04. The van der Waals surface area contributed by atoms with E-state index < -0.39 is 0 Å². The molecule has 21 heavy (non-hydrogen) atoms. The van der Waals surface area contributed by atoms with Gasteiger partial charge in [0.05, 0.1) is 16.9 Å². The highest BCUT2D eigenvalue weighted by atomic mass is 79.9. The Bertz CT molecular complexity index is 652. The Morgan fingerprint density at radius 3 is 2.67 bits per heavy atom. The second kappa shape index (κ2) is 6.79. The first-order valence-corrected chi connectivity index (χ1v) is 8.37. The van der Waals surface area contributed by atoms with Crippen LogP contribution in [-0.4, -0.2) is 33.4 Å². The molecular formula is C15H19BrClN3O. The molecule has 6 heteroatoms. The standard InChI is InChI=1S/C15H19BrClN3O/c1-4-19(5-2)15(21)10(3)20-13-7-6-11(16)8-12(13)18-14(20)9-17/h6-8,10H,4-5,9H2,1-3H3. The molecule has 1 unspecified atom stereocenters. The minimum atomic E-state index is -0.315. The summed E-state index contributed by atoms with van der Waals surface area (Å²) in [5.74, 6) is 1.09. The molecule has 0 aliphatic carbocycles. The highest BCUT2D eigenvalue weighted by molar-refractivity contribution is 9.10. The molecule has 1 aromatic heterocycles. The van der Waals surface area contributed by atoms with E-state index in [0.29, 0.717) is 13.1 Å². The Labute approximate surface area is 138 Å². The maximum atomic E-state index is 12.6. The zero-order valence-electron chi connectivity index (χ0n) is 12.4. The van der Waals surface area contributed by atoms with E-state index in [2.05, 4.69) is 20.9 Å². The lowest BCUT2D eigenvalue weighted by atomic mass is 10.2. The number of carbonyl (C=O) groups is 1. The third-order valence-corrected chi connectivity index (χ3v) is 4.40. The van der Waals surface area contributed by atoms with Gasteiger partial charge in [0.2, 0.25) is 5.91 Å². The van der Waals surface area contributed by atoms with Gasteiger partial charge in [0.15, 0.2) is 0 Å². The van der Waals surface area contributed by atoms with E-state index in [1.54, 1.807) is 0 Å². The van der Waals surface area contributed by atoms with Gasteiger partial charge in [-0.05, 0) is 39.0 Å². The minimum Gasteiger partial charge on any atom is -0.341 e. The van der Waals surface area contributed by atoms with Crippen LogP contribution in [0.25, 0.3) is 11.0 Å². The lowest BCUT2D eigenvalue weighted by Crippen LogP contribution is -2.36. The quantitative estimate of drug-likeness (QED) is 0.745. The number of alkyl halides is 1. The summed E-state index contributed by atoms with van der Waals surface area (Å²) in [4.78, 5) is 19.0. The summed E-state index contributed by atoms with van der Waals surface area (Å²) in [6.07, 6.45) is 0. The number of rotatable bonds is 5. The molecule has 1 heterocycles. The van der Waals surface area contributed by atoms with Gasteiger partial charge in [-0.3, -0.25) is 4.79 Å². The number of fused-ring (bicyclic) bond motifs is 1. The van der Waals surface area contributed by atoms with Gasteiger partial charge in [-0.15, -0.1) is 11.6 Å². The first-order chi connectivity index (χ1) is 10.0. The zero-order chi connectivity index (χ0) is 15.6. The smallest absolute Gasteiger partial charge is 0.245 e. The topological polar surface area (TPSA) is 38.1 Å². The van der Waals surface area contributed by atoms with Gasteiger partial charge in [0.25, 0.3) is 0 Å². The van der Waals surface area contributed by atoms with Crippen molar-refractivity contribution in [3.05, 3.63) is 28.5 Å². The van der Waals surface area contributed by atoms with E-state index in [4.69, 9.17) is 11.6 Å². The summed E-state index contributed by atoms with van der Waals surface area (Å²) < 4.78 is 2.90. The van der Waals surface area contributed by atoms with E-state index in [0.717, 1.165) is 21.3 Å². The monoisotopic (exact) mass is 371 g/mol. The lowest BCUT2D eigenvalue weighted by Gasteiger charge is -2.25. The van der Waals surface area contributed by atoms with Crippen LogP contribution in [0.2, 0.25) is 0 Å². The molecule has 2 rings (SSSR count). The number of hydrogen-bond acceptors (Lipinski definition) is 2. The Morgan fingerprint density at radius 2 is 2.10 bits per heavy atom. The van der Waals surface area contributed by atoms with Crippen molar-refractivity contribution in [3.63, 3.8) is 0 Å². The number of likely N-dealkylation sites (N-methyl/N-ethyl adjacent to an activating group) is 1. The van der Waals surface area contributed by atoms with Crippen LogP contribution in [0, 0.1) is 0 Å². The predicted octanol–water partition coefficient (Wildman–Crippen LogP) is 3.97. The third kappa shape index (κ3) is 3.09. The molecule has 0 saturated carbocycles. The number of amides is 1. The van der Waals surface area contributed by atoms with Crippen LogP contribution in [-0.2, 0) is 10.7 Å². The van der Waals surface area contributed by atoms with Gasteiger partial charge in [0, 0.05) is 17.6 Å². The van der Waals surface area contributed by atoms with Crippen molar-refractivity contribution in [1.82, 2.24) is 14.5 Å². The van der Waals surface area contributed by atoms with Crippen molar-refractivity contribution in [2.45, 2.75) is 32.7 Å². The molecule has 0 bridgehead atoms. The number of carbonyl (C=O) groups excluding carboxylic acids is 1. The van der Waals surface area contributed by atoms with Crippen LogP contribution in [0.15, 0.2) is 22.7 Å². The Hall–Kier alpha value is -1.07. The van der Waals surface area contributed by atoms with E-state index in [9.17, 15) is 4.79 Å². The number of imidazole rings is 1. The van der Waals surface area contributed by atoms with Gasteiger partial charge < -0.3 is 9.47 Å². The van der Waals surface area contributed by atoms with E-state index in [1.165, 1.54) is 0 Å². The van der Waals surface area contributed by atoms with Gasteiger partial charge in [-0.2, -0.15) is 0 Å². The molecule has 0 N–H and O–H groups in total. The molecular weight excluding hydrogens is 354 g/mol. The average Bonchev–Trinajstić information content (AvgIpc) is 2.84. The number of nitrogens with zero attached hydrogens (tertiary/aromatic N) is 3. The van der Waals surface area contributed by atoms with Crippen LogP contribution in [0.4, 0.5) is 0 Å². The van der Waals surface area contributed by atoms with Crippen molar-refractivity contribution < 1.29 is 4.79 Å². The van der Waals surface area contributed by atoms with Crippen LogP contribution < -0.4 is 0 Å². The van der Waals surface area contributed by atoms with Crippen molar-refractivity contribution in [3.8, 4) is 0 Å². The molecule has 2 aromatic rings. The highest BCUT2D eigenvalue weighted by Gasteiger charge is 2.24. The molecule has 0 fully saturated rings. The van der Waals surface area contributed by atoms with E-state index in [1.807, 2.05) is 48.4 Å². The summed E-state index contributed by atoms with van der Waals surface area (Å²) in [5, 5.41) is 0.